The first-order chi connectivity index (χ1) is 15.5. The molecule has 8 nitrogen and oxygen atoms in total. The van der Waals surface area contributed by atoms with Crippen LogP contribution in [0.4, 0.5) is 10.8 Å². The summed E-state index contributed by atoms with van der Waals surface area (Å²) in [5.41, 5.74) is 0.974. The Balaban J connectivity index is 1.53. The largest absolute Gasteiger partial charge is 0.495 e. The standard InChI is InChI=1S/C22H27N5O3S2/c1-4-27-20(29)18-19(24-21(32-18)26-11-9-14(2)10-12-26)25-22(27)31-13-17(28)23-15-7-5-6-8-16(15)30-3/h5-8,14H,4,9-13H2,1-3H3,(H,23,28). The van der Waals surface area contributed by atoms with E-state index in [0.717, 1.165) is 37.0 Å². The summed E-state index contributed by atoms with van der Waals surface area (Å²) in [6, 6.07) is 7.24. The molecule has 32 heavy (non-hydrogen) atoms. The Morgan fingerprint density at radius 3 is 2.75 bits per heavy atom. The Labute approximate surface area is 195 Å². The first-order valence-corrected chi connectivity index (χ1v) is 12.5. The van der Waals surface area contributed by atoms with E-state index in [1.807, 2.05) is 19.1 Å². The zero-order valence-electron chi connectivity index (χ0n) is 18.5. The number of hydrogen-bond acceptors (Lipinski definition) is 8. The van der Waals surface area contributed by atoms with E-state index in [-0.39, 0.29) is 17.2 Å². The van der Waals surface area contributed by atoms with Gasteiger partial charge in [0.1, 0.15) is 10.4 Å². The summed E-state index contributed by atoms with van der Waals surface area (Å²) in [4.78, 5) is 37.2. The van der Waals surface area contributed by atoms with E-state index in [2.05, 4.69) is 27.1 Å². The molecule has 0 atom stereocenters. The summed E-state index contributed by atoms with van der Waals surface area (Å²) in [6.07, 6.45) is 2.26. The predicted molar refractivity (Wildman–Crippen MR) is 130 cm³/mol. The third kappa shape index (κ3) is 4.75. The SMILES string of the molecule is CCn1c(SCC(=O)Nc2ccccc2OC)nc2nc(N3CCC(C)CC3)sc2c1=O. The lowest BCUT2D eigenvalue weighted by molar-refractivity contribution is -0.113. The molecule has 0 aliphatic carbocycles. The minimum absolute atomic E-state index is 0.0979. The third-order valence-corrected chi connectivity index (χ3v) is 7.62. The molecule has 1 saturated heterocycles. The molecule has 0 unspecified atom stereocenters. The number of piperidine rings is 1. The average Bonchev–Trinajstić information content (AvgIpc) is 3.23. The van der Waals surface area contributed by atoms with Crippen molar-refractivity contribution < 1.29 is 9.53 Å². The highest BCUT2D eigenvalue weighted by atomic mass is 32.2. The van der Waals surface area contributed by atoms with Gasteiger partial charge in [0.2, 0.25) is 5.91 Å². The summed E-state index contributed by atoms with van der Waals surface area (Å²) in [5, 5.41) is 4.21. The number of nitrogens with one attached hydrogen (secondary N) is 1. The van der Waals surface area contributed by atoms with E-state index in [9.17, 15) is 9.59 Å². The van der Waals surface area contributed by atoms with Gasteiger partial charge in [-0.05, 0) is 37.8 Å². The number of amides is 1. The monoisotopic (exact) mass is 473 g/mol. The first kappa shape index (κ1) is 22.6. The molecule has 1 N–H and O–H groups in total. The van der Waals surface area contributed by atoms with Crippen LogP contribution in [-0.2, 0) is 11.3 Å². The van der Waals surface area contributed by atoms with Crippen LogP contribution in [0.1, 0.15) is 26.7 Å². The van der Waals surface area contributed by atoms with Crippen LogP contribution in [0.3, 0.4) is 0 Å². The molecule has 170 valence electrons. The number of fused-ring (bicyclic) bond motifs is 1. The zero-order chi connectivity index (χ0) is 22.7. The van der Waals surface area contributed by atoms with Crippen LogP contribution < -0.4 is 20.5 Å². The maximum Gasteiger partial charge on any atom is 0.273 e. The van der Waals surface area contributed by atoms with Crippen molar-refractivity contribution in [2.75, 3.05) is 36.2 Å². The molecular formula is C22H27N5O3S2. The second-order valence-electron chi connectivity index (χ2n) is 7.80. The molecule has 2 aromatic heterocycles. The first-order valence-electron chi connectivity index (χ1n) is 10.7. The molecule has 0 saturated carbocycles. The number of methoxy groups -OCH3 is 1. The van der Waals surface area contributed by atoms with E-state index in [4.69, 9.17) is 4.74 Å². The number of ether oxygens (including phenoxy) is 1. The zero-order valence-corrected chi connectivity index (χ0v) is 20.1. The number of nitrogens with zero attached hydrogens (tertiary/aromatic N) is 4. The molecule has 0 bridgehead atoms. The lowest BCUT2D eigenvalue weighted by Gasteiger charge is -2.29. The normalized spacial score (nSPS) is 14.7. The maximum atomic E-state index is 13.1. The number of thiazole rings is 1. The average molecular weight is 474 g/mol. The van der Waals surface area contributed by atoms with E-state index >= 15 is 0 Å². The number of benzene rings is 1. The second-order valence-corrected chi connectivity index (χ2v) is 9.72. The van der Waals surface area contributed by atoms with Crippen molar-refractivity contribution in [2.24, 2.45) is 5.92 Å². The van der Waals surface area contributed by atoms with Gasteiger partial charge in [0.25, 0.3) is 5.56 Å². The fourth-order valence-corrected chi connectivity index (χ4v) is 5.52. The number of carbonyl (C=O) groups excluding carboxylic acids is 1. The van der Waals surface area contributed by atoms with Gasteiger partial charge in [-0.1, -0.05) is 42.2 Å². The van der Waals surface area contributed by atoms with Crippen LogP contribution in [0.25, 0.3) is 10.3 Å². The highest BCUT2D eigenvalue weighted by molar-refractivity contribution is 7.99. The lowest BCUT2D eigenvalue weighted by Crippen LogP contribution is -2.32. The number of carbonyl (C=O) groups is 1. The molecule has 10 heteroatoms. The fraction of sp³-hybridized carbons (Fsp3) is 0.455. The number of para-hydroxylation sites is 2. The molecule has 0 spiro atoms. The molecule has 3 heterocycles. The molecule has 1 aliphatic heterocycles. The summed E-state index contributed by atoms with van der Waals surface area (Å²) >= 11 is 2.65. The fourth-order valence-electron chi connectivity index (χ4n) is 3.67. The Hall–Kier alpha value is -2.59. The number of aromatic nitrogens is 3. The van der Waals surface area contributed by atoms with Crippen molar-refractivity contribution in [3.05, 3.63) is 34.6 Å². The van der Waals surface area contributed by atoms with E-state index in [1.54, 1.807) is 23.8 Å². The van der Waals surface area contributed by atoms with E-state index < -0.39 is 0 Å². The molecule has 3 aromatic rings. The van der Waals surface area contributed by atoms with Crippen LogP contribution in [-0.4, -0.2) is 46.4 Å². The summed E-state index contributed by atoms with van der Waals surface area (Å²) in [7, 11) is 1.56. The number of thioether (sulfide) groups is 1. The van der Waals surface area contributed by atoms with Crippen molar-refractivity contribution in [3.63, 3.8) is 0 Å². The van der Waals surface area contributed by atoms with Gasteiger partial charge in [0.15, 0.2) is 15.9 Å². The smallest absolute Gasteiger partial charge is 0.273 e. The third-order valence-electron chi connectivity index (χ3n) is 5.55. The van der Waals surface area contributed by atoms with Crippen molar-refractivity contribution in [3.8, 4) is 5.75 Å². The van der Waals surface area contributed by atoms with Crippen LogP contribution in [0.2, 0.25) is 0 Å². The van der Waals surface area contributed by atoms with Gasteiger partial charge < -0.3 is 15.0 Å². The molecule has 1 fully saturated rings. The van der Waals surface area contributed by atoms with Gasteiger partial charge in [0, 0.05) is 19.6 Å². The minimum Gasteiger partial charge on any atom is -0.495 e. The highest BCUT2D eigenvalue weighted by Gasteiger charge is 2.22. The van der Waals surface area contributed by atoms with Gasteiger partial charge in [-0.15, -0.1) is 0 Å². The minimum atomic E-state index is -0.196. The van der Waals surface area contributed by atoms with Crippen molar-refractivity contribution in [1.29, 1.82) is 0 Å². The molecular weight excluding hydrogens is 446 g/mol. The van der Waals surface area contributed by atoms with Crippen molar-refractivity contribution >= 4 is 50.2 Å². The Bertz CT molecular complexity index is 1170. The number of anilines is 2. The Morgan fingerprint density at radius 1 is 1.28 bits per heavy atom. The van der Waals surface area contributed by atoms with Crippen molar-refractivity contribution in [1.82, 2.24) is 14.5 Å². The van der Waals surface area contributed by atoms with Gasteiger partial charge in [0.05, 0.1) is 18.6 Å². The maximum absolute atomic E-state index is 13.1. The molecule has 4 rings (SSSR count). The van der Waals surface area contributed by atoms with E-state index in [0.29, 0.717) is 33.5 Å². The van der Waals surface area contributed by atoms with E-state index in [1.165, 1.54) is 23.1 Å². The quantitative estimate of drug-likeness (QED) is 0.412. The molecule has 1 amide bonds. The predicted octanol–water partition coefficient (Wildman–Crippen LogP) is 3.85. The number of rotatable bonds is 7. The lowest BCUT2D eigenvalue weighted by atomic mass is 10.00. The summed E-state index contributed by atoms with van der Waals surface area (Å²) in [5.74, 6) is 1.24. The molecule has 1 aliphatic rings. The Morgan fingerprint density at radius 2 is 2.03 bits per heavy atom. The highest BCUT2D eigenvalue weighted by Crippen LogP contribution is 2.30. The second kappa shape index (κ2) is 9.91. The van der Waals surface area contributed by atoms with Crippen LogP contribution in [0.15, 0.2) is 34.2 Å². The van der Waals surface area contributed by atoms with Crippen LogP contribution >= 0.6 is 23.1 Å². The molecule has 0 radical (unpaired) electrons. The van der Waals surface area contributed by atoms with Crippen molar-refractivity contribution in [2.45, 2.75) is 38.4 Å². The summed E-state index contributed by atoms with van der Waals surface area (Å²) < 4.78 is 7.46. The van der Waals surface area contributed by atoms with Crippen LogP contribution in [0.5, 0.6) is 5.75 Å². The van der Waals surface area contributed by atoms with Gasteiger partial charge in [-0.3, -0.25) is 14.2 Å². The topological polar surface area (TPSA) is 89.3 Å². The van der Waals surface area contributed by atoms with Crippen LogP contribution in [0, 0.1) is 5.92 Å². The summed E-state index contributed by atoms with van der Waals surface area (Å²) in [6.45, 7) is 6.56. The van der Waals surface area contributed by atoms with Gasteiger partial charge in [-0.25, -0.2) is 4.98 Å². The van der Waals surface area contributed by atoms with Gasteiger partial charge >= 0.3 is 0 Å². The van der Waals surface area contributed by atoms with Gasteiger partial charge in [-0.2, -0.15) is 4.98 Å². The molecule has 1 aromatic carbocycles. The Kier molecular flexibility index (Phi) is 7.00. The number of hydrogen-bond donors (Lipinski definition) is 1.